The average molecular weight is 443 g/mol. The normalized spacial score (nSPS) is 12.9. The quantitative estimate of drug-likeness (QED) is 0.583. The van der Waals surface area contributed by atoms with Gasteiger partial charge in [0.25, 0.3) is 5.56 Å². The van der Waals surface area contributed by atoms with Gasteiger partial charge in [0, 0.05) is 25.1 Å². The van der Waals surface area contributed by atoms with Crippen molar-refractivity contribution in [1.82, 2.24) is 9.13 Å². The lowest BCUT2D eigenvalue weighted by Crippen LogP contribution is -2.41. The van der Waals surface area contributed by atoms with Gasteiger partial charge in [0.05, 0.1) is 16.1 Å². The number of aromatic hydroxyl groups is 1. The van der Waals surface area contributed by atoms with E-state index in [1.807, 2.05) is 0 Å². The molecule has 0 aliphatic carbocycles. The van der Waals surface area contributed by atoms with E-state index in [1.165, 1.54) is 0 Å². The van der Waals surface area contributed by atoms with Crippen molar-refractivity contribution in [2.45, 2.75) is 24.9 Å². The number of rotatable bonds is 4. The second-order valence-electron chi connectivity index (χ2n) is 5.84. The summed E-state index contributed by atoms with van der Waals surface area (Å²) in [6.45, 7) is 1.11. The topological polar surface area (TPSA) is 81.3 Å². The van der Waals surface area contributed by atoms with Crippen molar-refractivity contribution < 1.29 is 27.5 Å². The first-order chi connectivity index (χ1) is 12.8. The highest BCUT2D eigenvalue weighted by molar-refractivity contribution is 6.32. The summed E-state index contributed by atoms with van der Waals surface area (Å²) >= 11 is 11.5. The molecule has 0 saturated carbocycles. The van der Waals surface area contributed by atoms with Gasteiger partial charge in [0.15, 0.2) is 0 Å². The van der Waals surface area contributed by atoms with Gasteiger partial charge in [-0.05, 0) is 13.0 Å². The lowest BCUT2D eigenvalue weighted by atomic mass is 10.0. The van der Waals surface area contributed by atoms with Crippen molar-refractivity contribution in [3.8, 4) is 11.4 Å². The zero-order valence-corrected chi connectivity index (χ0v) is 15.8. The zero-order valence-electron chi connectivity index (χ0n) is 14.3. The minimum absolute atomic E-state index is 0.111. The number of carbonyl (C=O) groups is 1. The first-order valence-electron chi connectivity index (χ1n) is 7.52. The van der Waals surface area contributed by atoms with E-state index < -0.39 is 68.5 Å². The molecule has 0 spiro atoms. The Balaban J connectivity index is 2.92. The number of ketones is 1. The lowest BCUT2D eigenvalue weighted by molar-refractivity contribution is -0.144. The van der Waals surface area contributed by atoms with Crippen molar-refractivity contribution >= 4 is 29.0 Å². The highest BCUT2D eigenvalue weighted by Crippen LogP contribution is 2.35. The third-order valence-electron chi connectivity index (χ3n) is 3.94. The number of benzene rings is 1. The van der Waals surface area contributed by atoms with Crippen molar-refractivity contribution in [1.29, 1.82) is 0 Å². The third-order valence-corrected chi connectivity index (χ3v) is 4.69. The highest BCUT2D eigenvalue weighted by Gasteiger charge is 2.35. The van der Waals surface area contributed by atoms with E-state index in [-0.39, 0.29) is 15.2 Å². The number of phenolic OH excluding ortho intramolecular Hbond substituents is 1. The SMILES string of the molecule is CC(=O)C(Cl)Cc1c(O)c(Cl)cc(F)c1-n1c(=O)cc(C(F)(F)F)n(C)c1=O. The molecule has 2 rings (SSSR count). The van der Waals surface area contributed by atoms with Crippen LogP contribution in [0.4, 0.5) is 17.6 Å². The van der Waals surface area contributed by atoms with E-state index >= 15 is 0 Å². The maximum Gasteiger partial charge on any atom is 0.431 e. The molecule has 1 N–H and O–H groups in total. The minimum Gasteiger partial charge on any atom is -0.506 e. The van der Waals surface area contributed by atoms with Crippen LogP contribution in [-0.2, 0) is 24.4 Å². The predicted molar refractivity (Wildman–Crippen MR) is 92.9 cm³/mol. The monoisotopic (exact) mass is 442 g/mol. The maximum atomic E-state index is 14.6. The Morgan fingerprint density at radius 1 is 1.29 bits per heavy atom. The van der Waals surface area contributed by atoms with Gasteiger partial charge in [-0.25, -0.2) is 13.8 Å². The number of Topliss-reactive ketones (excluding diaryl/α,β-unsaturated/α-hetero) is 1. The summed E-state index contributed by atoms with van der Waals surface area (Å²) in [5, 5.41) is 8.38. The van der Waals surface area contributed by atoms with Crippen LogP contribution in [0.5, 0.6) is 5.75 Å². The molecule has 152 valence electrons. The number of alkyl halides is 4. The summed E-state index contributed by atoms with van der Waals surface area (Å²) in [5.41, 5.74) is -5.87. The van der Waals surface area contributed by atoms with Gasteiger partial charge in [0.1, 0.15) is 23.0 Å². The van der Waals surface area contributed by atoms with Crippen LogP contribution in [0.2, 0.25) is 5.02 Å². The molecule has 1 heterocycles. The second-order valence-corrected chi connectivity index (χ2v) is 6.77. The number of hydrogen-bond acceptors (Lipinski definition) is 4. The first-order valence-corrected chi connectivity index (χ1v) is 8.33. The molecule has 12 heteroatoms. The molecule has 0 radical (unpaired) electrons. The molecule has 6 nitrogen and oxygen atoms in total. The Kier molecular flexibility index (Phi) is 5.95. The molecule has 1 unspecified atom stereocenters. The number of aromatic nitrogens is 2. The van der Waals surface area contributed by atoms with Crippen molar-refractivity contribution in [2.75, 3.05) is 0 Å². The fourth-order valence-corrected chi connectivity index (χ4v) is 2.87. The number of nitrogens with zero attached hydrogens (tertiary/aromatic N) is 2. The fraction of sp³-hybridized carbons (Fsp3) is 0.312. The third kappa shape index (κ3) is 3.93. The minimum atomic E-state index is -5.01. The number of carbonyl (C=O) groups excluding carboxylic acids is 1. The molecule has 0 saturated heterocycles. The average Bonchev–Trinajstić information content (AvgIpc) is 2.56. The molecule has 1 aromatic heterocycles. The number of phenols is 1. The zero-order chi connectivity index (χ0) is 21.5. The molecule has 1 aromatic carbocycles. The smallest absolute Gasteiger partial charge is 0.431 e. The first kappa shape index (κ1) is 22.0. The van der Waals surface area contributed by atoms with Gasteiger partial charge in [-0.3, -0.25) is 14.2 Å². The Bertz CT molecular complexity index is 1080. The van der Waals surface area contributed by atoms with Crippen LogP contribution in [0.25, 0.3) is 5.69 Å². The summed E-state index contributed by atoms with van der Waals surface area (Å²) in [4.78, 5) is 36.1. The standard InChI is InChI=1S/C16H12Cl2F4N2O4/c1-6(25)8(17)3-7-13(10(19)4-9(18)14(7)27)24-12(26)5-11(16(20,21)22)23(2)15(24)28/h4-5,8,27H,3H2,1-2H3. The van der Waals surface area contributed by atoms with E-state index in [9.17, 15) is 37.1 Å². The summed E-state index contributed by atoms with van der Waals surface area (Å²) in [6, 6.07) is 0.690. The molecular formula is C16H12Cl2F4N2O4. The molecule has 28 heavy (non-hydrogen) atoms. The Morgan fingerprint density at radius 2 is 1.86 bits per heavy atom. The lowest BCUT2D eigenvalue weighted by Gasteiger charge is -2.18. The predicted octanol–water partition coefficient (Wildman–Crippen LogP) is 2.79. The largest absolute Gasteiger partial charge is 0.506 e. The van der Waals surface area contributed by atoms with Crippen LogP contribution in [0.15, 0.2) is 21.7 Å². The van der Waals surface area contributed by atoms with Crippen LogP contribution in [0.1, 0.15) is 18.2 Å². The van der Waals surface area contributed by atoms with E-state index in [4.69, 9.17) is 23.2 Å². The van der Waals surface area contributed by atoms with Crippen LogP contribution < -0.4 is 11.2 Å². The molecular weight excluding hydrogens is 431 g/mol. The van der Waals surface area contributed by atoms with E-state index in [1.54, 1.807) is 0 Å². The molecule has 0 aliphatic heterocycles. The Labute approximate surface area is 164 Å². The molecule has 0 aliphatic rings. The molecule has 2 aromatic rings. The molecule has 0 amide bonds. The van der Waals surface area contributed by atoms with Crippen molar-refractivity contribution in [2.24, 2.45) is 7.05 Å². The van der Waals surface area contributed by atoms with E-state index in [0.29, 0.717) is 6.07 Å². The summed E-state index contributed by atoms with van der Waals surface area (Å²) in [7, 11) is 0.744. The van der Waals surface area contributed by atoms with Gasteiger partial charge >= 0.3 is 11.9 Å². The Morgan fingerprint density at radius 3 is 2.36 bits per heavy atom. The maximum absolute atomic E-state index is 14.6. The molecule has 1 atom stereocenters. The van der Waals surface area contributed by atoms with Crippen LogP contribution in [0.3, 0.4) is 0 Å². The van der Waals surface area contributed by atoms with Crippen LogP contribution in [-0.4, -0.2) is 25.4 Å². The number of hydrogen-bond donors (Lipinski definition) is 1. The summed E-state index contributed by atoms with van der Waals surface area (Å²) in [5.74, 6) is -2.61. The number of halogens is 6. The van der Waals surface area contributed by atoms with Crippen molar-refractivity contribution in [3.05, 3.63) is 55.1 Å². The van der Waals surface area contributed by atoms with E-state index in [2.05, 4.69) is 0 Å². The van der Waals surface area contributed by atoms with Gasteiger partial charge in [0.2, 0.25) is 0 Å². The Hall–Kier alpha value is -2.33. The fourth-order valence-electron chi connectivity index (χ4n) is 2.51. The van der Waals surface area contributed by atoms with E-state index in [0.717, 1.165) is 14.0 Å². The van der Waals surface area contributed by atoms with Crippen LogP contribution >= 0.6 is 23.2 Å². The summed E-state index contributed by atoms with van der Waals surface area (Å²) in [6.07, 6.45) is -5.54. The molecule has 0 fully saturated rings. The van der Waals surface area contributed by atoms with Gasteiger partial charge in [-0.2, -0.15) is 13.2 Å². The second kappa shape index (κ2) is 7.59. The highest BCUT2D eigenvalue weighted by atomic mass is 35.5. The van der Waals surface area contributed by atoms with Gasteiger partial charge in [-0.15, -0.1) is 11.6 Å². The molecule has 0 bridgehead atoms. The van der Waals surface area contributed by atoms with Gasteiger partial charge < -0.3 is 5.11 Å². The summed E-state index contributed by atoms with van der Waals surface area (Å²) < 4.78 is 53.8. The van der Waals surface area contributed by atoms with Gasteiger partial charge in [-0.1, -0.05) is 11.6 Å². The van der Waals surface area contributed by atoms with Crippen molar-refractivity contribution in [3.63, 3.8) is 0 Å². The van der Waals surface area contributed by atoms with Crippen LogP contribution in [0, 0.1) is 5.82 Å².